The van der Waals surface area contributed by atoms with Crippen molar-refractivity contribution in [2.75, 3.05) is 33.4 Å². The molecule has 1 saturated carbocycles. The number of rotatable bonds is 9. The number of nitrogens with one attached hydrogen (secondary N) is 2. The van der Waals surface area contributed by atoms with Crippen LogP contribution >= 0.6 is 24.0 Å². The molecule has 0 atom stereocenters. The fourth-order valence-electron chi connectivity index (χ4n) is 3.53. The average Bonchev–Trinajstić information content (AvgIpc) is 3.08. The Kier molecular flexibility index (Phi) is 11.1. The number of ether oxygens (including phenoxy) is 1. The van der Waals surface area contributed by atoms with Gasteiger partial charge in [0.2, 0.25) is 0 Å². The first-order valence-corrected chi connectivity index (χ1v) is 9.34. The van der Waals surface area contributed by atoms with Crippen molar-refractivity contribution in [2.45, 2.75) is 45.4 Å². The second-order valence-corrected chi connectivity index (χ2v) is 6.74. The van der Waals surface area contributed by atoms with Crippen molar-refractivity contribution in [2.24, 2.45) is 10.4 Å². The van der Waals surface area contributed by atoms with Crippen LogP contribution in [0.15, 0.2) is 35.3 Å². The smallest absolute Gasteiger partial charge is 0.191 e. The molecule has 1 aliphatic carbocycles. The van der Waals surface area contributed by atoms with Crippen molar-refractivity contribution < 1.29 is 4.74 Å². The van der Waals surface area contributed by atoms with Crippen molar-refractivity contribution in [1.82, 2.24) is 10.6 Å². The Morgan fingerprint density at radius 2 is 1.88 bits per heavy atom. The lowest BCUT2D eigenvalue weighted by molar-refractivity contribution is 0.105. The number of hydrogen-bond acceptors (Lipinski definition) is 2. The van der Waals surface area contributed by atoms with E-state index in [1.165, 1.54) is 31.2 Å². The van der Waals surface area contributed by atoms with E-state index in [2.05, 4.69) is 52.9 Å². The number of benzene rings is 1. The van der Waals surface area contributed by atoms with Crippen molar-refractivity contribution in [1.29, 1.82) is 0 Å². The van der Waals surface area contributed by atoms with Gasteiger partial charge in [-0.3, -0.25) is 4.99 Å². The molecule has 0 saturated heterocycles. The van der Waals surface area contributed by atoms with Crippen LogP contribution in [0.5, 0.6) is 0 Å². The summed E-state index contributed by atoms with van der Waals surface area (Å²) in [6.45, 7) is 5.64. The fourth-order valence-corrected chi connectivity index (χ4v) is 3.53. The molecule has 2 rings (SSSR count). The molecule has 1 fully saturated rings. The van der Waals surface area contributed by atoms with Gasteiger partial charge >= 0.3 is 0 Å². The van der Waals surface area contributed by atoms with Crippen molar-refractivity contribution in [3.63, 3.8) is 0 Å². The summed E-state index contributed by atoms with van der Waals surface area (Å²) in [6.07, 6.45) is 7.44. The number of nitrogens with zero attached hydrogens (tertiary/aromatic N) is 1. The molecule has 0 heterocycles. The standard InChI is InChI=1S/C20H33N3O.HI/c1-3-24-16-14-20(12-7-8-13-20)17-23-19(21-2)22-15-11-18-9-5-4-6-10-18;/h4-6,9-10H,3,7-8,11-17H2,1-2H3,(H2,21,22,23);1H. The molecule has 0 radical (unpaired) electrons. The predicted molar refractivity (Wildman–Crippen MR) is 117 cm³/mol. The largest absolute Gasteiger partial charge is 0.382 e. The Hall–Kier alpha value is -0.820. The van der Waals surface area contributed by atoms with Gasteiger partial charge in [-0.05, 0) is 43.6 Å². The van der Waals surface area contributed by atoms with Gasteiger partial charge in [0.25, 0.3) is 0 Å². The summed E-state index contributed by atoms with van der Waals surface area (Å²) in [5.74, 6) is 0.911. The summed E-state index contributed by atoms with van der Waals surface area (Å²) in [7, 11) is 1.85. The lowest BCUT2D eigenvalue weighted by atomic mass is 9.83. The Balaban J connectivity index is 0.00000312. The zero-order valence-corrected chi connectivity index (χ0v) is 18.1. The highest BCUT2D eigenvalue weighted by Gasteiger charge is 2.33. The molecular weight excluding hydrogens is 425 g/mol. The van der Waals surface area contributed by atoms with Gasteiger partial charge in [0, 0.05) is 33.4 Å². The number of hydrogen-bond donors (Lipinski definition) is 2. The highest BCUT2D eigenvalue weighted by Crippen LogP contribution is 2.40. The predicted octanol–water partition coefficient (Wildman–Crippen LogP) is 4.00. The summed E-state index contributed by atoms with van der Waals surface area (Å²) in [5, 5.41) is 6.98. The van der Waals surface area contributed by atoms with Gasteiger partial charge in [-0.2, -0.15) is 0 Å². The molecule has 0 spiro atoms. The van der Waals surface area contributed by atoms with Crippen LogP contribution in [0, 0.1) is 5.41 Å². The normalized spacial score (nSPS) is 16.3. The van der Waals surface area contributed by atoms with Crippen LogP contribution in [0.4, 0.5) is 0 Å². The molecule has 1 aromatic carbocycles. The topological polar surface area (TPSA) is 45.6 Å². The van der Waals surface area contributed by atoms with E-state index in [-0.39, 0.29) is 24.0 Å². The third-order valence-corrected chi connectivity index (χ3v) is 5.05. The maximum absolute atomic E-state index is 5.59. The maximum atomic E-state index is 5.59. The number of aliphatic imine (C=N–C) groups is 1. The highest BCUT2D eigenvalue weighted by molar-refractivity contribution is 14.0. The van der Waals surface area contributed by atoms with Crippen LogP contribution in [0.2, 0.25) is 0 Å². The molecular formula is C20H34IN3O. The molecule has 0 aromatic heterocycles. The van der Waals surface area contributed by atoms with Gasteiger partial charge < -0.3 is 15.4 Å². The van der Waals surface area contributed by atoms with E-state index in [9.17, 15) is 0 Å². The molecule has 1 aliphatic rings. The first-order chi connectivity index (χ1) is 11.8. The molecule has 5 heteroatoms. The quantitative estimate of drug-likeness (QED) is 0.254. The minimum atomic E-state index is 0. The Morgan fingerprint density at radius 1 is 1.16 bits per heavy atom. The molecule has 0 unspecified atom stereocenters. The van der Waals surface area contributed by atoms with Crippen LogP contribution in [-0.4, -0.2) is 39.3 Å². The number of halogens is 1. The molecule has 1 aromatic rings. The summed E-state index contributed by atoms with van der Waals surface area (Å²) in [6, 6.07) is 10.6. The molecule has 4 nitrogen and oxygen atoms in total. The minimum Gasteiger partial charge on any atom is -0.382 e. The molecule has 0 amide bonds. The summed E-state index contributed by atoms with van der Waals surface area (Å²) in [4.78, 5) is 4.37. The van der Waals surface area contributed by atoms with Crippen LogP contribution in [-0.2, 0) is 11.2 Å². The Morgan fingerprint density at radius 3 is 2.52 bits per heavy atom. The van der Waals surface area contributed by atoms with E-state index in [4.69, 9.17) is 4.74 Å². The SMILES string of the molecule is CCOCCC1(CNC(=NC)NCCc2ccccc2)CCCC1.I. The Bertz CT molecular complexity index is 487. The van der Waals surface area contributed by atoms with Crippen LogP contribution in [0.3, 0.4) is 0 Å². The highest BCUT2D eigenvalue weighted by atomic mass is 127. The number of guanidine groups is 1. The van der Waals surface area contributed by atoms with Gasteiger partial charge in [-0.1, -0.05) is 43.2 Å². The summed E-state index contributed by atoms with van der Waals surface area (Å²) >= 11 is 0. The van der Waals surface area contributed by atoms with E-state index in [1.54, 1.807) is 0 Å². The van der Waals surface area contributed by atoms with Crippen LogP contribution < -0.4 is 10.6 Å². The third kappa shape index (κ3) is 7.94. The van der Waals surface area contributed by atoms with Crippen LogP contribution in [0.25, 0.3) is 0 Å². The fraction of sp³-hybridized carbons (Fsp3) is 0.650. The average molecular weight is 459 g/mol. The first kappa shape index (κ1) is 22.2. The molecule has 142 valence electrons. The lowest BCUT2D eigenvalue weighted by Gasteiger charge is -2.30. The summed E-state index contributed by atoms with van der Waals surface area (Å²) in [5.41, 5.74) is 1.73. The third-order valence-electron chi connectivity index (χ3n) is 5.05. The van der Waals surface area contributed by atoms with Gasteiger partial charge in [-0.15, -0.1) is 24.0 Å². The van der Waals surface area contributed by atoms with Crippen LogP contribution in [0.1, 0.15) is 44.6 Å². The molecule has 25 heavy (non-hydrogen) atoms. The Labute approximate surface area is 170 Å². The van der Waals surface area contributed by atoms with E-state index < -0.39 is 0 Å². The zero-order chi connectivity index (χ0) is 17.1. The zero-order valence-electron chi connectivity index (χ0n) is 15.7. The van der Waals surface area contributed by atoms with Gasteiger partial charge in [0.15, 0.2) is 5.96 Å². The lowest BCUT2D eigenvalue weighted by Crippen LogP contribution is -2.44. The monoisotopic (exact) mass is 459 g/mol. The summed E-state index contributed by atoms with van der Waals surface area (Å²) < 4.78 is 5.59. The first-order valence-electron chi connectivity index (χ1n) is 9.34. The minimum absolute atomic E-state index is 0. The molecule has 2 N–H and O–H groups in total. The van der Waals surface area contributed by atoms with E-state index in [1.807, 2.05) is 7.05 Å². The maximum Gasteiger partial charge on any atom is 0.191 e. The molecule has 0 aliphatic heterocycles. The second kappa shape index (κ2) is 12.5. The van der Waals surface area contributed by atoms with Gasteiger partial charge in [-0.25, -0.2) is 0 Å². The van der Waals surface area contributed by atoms with Gasteiger partial charge in [0.05, 0.1) is 0 Å². The van der Waals surface area contributed by atoms with E-state index in [0.717, 1.165) is 45.1 Å². The molecule has 0 bridgehead atoms. The van der Waals surface area contributed by atoms with E-state index >= 15 is 0 Å². The van der Waals surface area contributed by atoms with Gasteiger partial charge in [0.1, 0.15) is 0 Å². The van der Waals surface area contributed by atoms with Crippen molar-refractivity contribution in [3.05, 3.63) is 35.9 Å². The van der Waals surface area contributed by atoms with Crippen molar-refractivity contribution in [3.8, 4) is 0 Å². The second-order valence-electron chi connectivity index (χ2n) is 6.74. The van der Waals surface area contributed by atoms with E-state index in [0.29, 0.717) is 5.41 Å². The van der Waals surface area contributed by atoms with Crippen molar-refractivity contribution >= 4 is 29.9 Å².